The van der Waals surface area contributed by atoms with Crippen LogP contribution >= 0.6 is 15.9 Å². The molecule has 23 heavy (non-hydrogen) atoms. The van der Waals surface area contributed by atoms with Crippen LogP contribution in [-0.2, 0) is 9.53 Å². The second kappa shape index (κ2) is 6.91. The minimum Gasteiger partial charge on any atom is -0.493 e. The minimum absolute atomic E-state index is 0.319. The van der Waals surface area contributed by atoms with E-state index in [-0.39, 0.29) is 0 Å². The Morgan fingerprint density at radius 2 is 1.91 bits per heavy atom. The molecule has 124 valence electrons. The van der Waals surface area contributed by atoms with Crippen LogP contribution in [0.5, 0.6) is 11.5 Å². The van der Waals surface area contributed by atoms with Crippen molar-refractivity contribution in [1.82, 2.24) is 10.6 Å². The minimum atomic E-state index is -0.676. The van der Waals surface area contributed by atoms with Gasteiger partial charge in [0.1, 0.15) is 0 Å². The summed E-state index contributed by atoms with van der Waals surface area (Å²) >= 11 is 3.46. The largest absolute Gasteiger partial charge is 0.493 e. The van der Waals surface area contributed by atoms with Gasteiger partial charge in [0.25, 0.3) is 0 Å². The number of carbonyl (C=O) groups is 2. The molecule has 0 spiro atoms. The molecule has 0 aromatic heterocycles. The summed E-state index contributed by atoms with van der Waals surface area (Å²) in [5.41, 5.74) is 1.41. The molecule has 0 saturated carbocycles. The molecule has 1 heterocycles. The van der Waals surface area contributed by atoms with Gasteiger partial charge in [0, 0.05) is 5.70 Å². The van der Waals surface area contributed by atoms with E-state index in [1.54, 1.807) is 19.1 Å². The van der Waals surface area contributed by atoms with Crippen LogP contribution in [0, 0.1) is 0 Å². The number of benzene rings is 1. The van der Waals surface area contributed by atoms with Crippen molar-refractivity contribution in [2.75, 3.05) is 21.3 Å². The number of ether oxygens (including phenoxy) is 3. The monoisotopic (exact) mass is 384 g/mol. The Morgan fingerprint density at radius 1 is 1.22 bits per heavy atom. The van der Waals surface area contributed by atoms with Crippen molar-refractivity contribution in [2.24, 2.45) is 0 Å². The predicted octanol–water partition coefficient (Wildman–Crippen LogP) is 2.27. The third-order valence-corrected chi connectivity index (χ3v) is 4.32. The number of methoxy groups -OCH3 is 3. The number of carbonyl (C=O) groups excluding carboxylic acids is 2. The number of rotatable bonds is 4. The van der Waals surface area contributed by atoms with Gasteiger partial charge in [-0.25, -0.2) is 9.59 Å². The third kappa shape index (κ3) is 3.12. The zero-order chi connectivity index (χ0) is 17.1. The zero-order valence-electron chi connectivity index (χ0n) is 13.2. The molecule has 1 aromatic rings. The third-order valence-electron chi connectivity index (χ3n) is 3.50. The summed E-state index contributed by atoms with van der Waals surface area (Å²) < 4.78 is 16.0. The quantitative estimate of drug-likeness (QED) is 0.777. The van der Waals surface area contributed by atoms with Gasteiger partial charge in [-0.05, 0) is 34.5 Å². The van der Waals surface area contributed by atoms with Crippen molar-refractivity contribution in [3.8, 4) is 11.5 Å². The van der Waals surface area contributed by atoms with Gasteiger partial charge in [-0.1, -0.05) is 6.07 Å². The number of hydrogen-bond donors (Lipinski definition) is 2. The first-order chi connectivity index (χ1) is 10.9. The Kier molecular flexibility index (Phi) is 5.15. The van der Waals surface area contributed by atoms with Gasteiger partial charge in [-0.15, -0.1) is 0 Å². The normalized spacial score (nSPS) is 17.3. The second-order valence-corrected chi connectivity index (χ2v) is 5.56. The first-order valence-electron chi connectivity index (χ1n) is 6.71. The molecular formula is C15H17BrN2O5. The lowest BCUT2D eigenvalue weighted by Crippen LogP contribution is -2.45. The molecule has 2 N–H and O–H groups in total. The van der Waals surface area contributed by atoms with Gasteiger partial charge in [0.2, 0.25) is 0 Å². The highest BCUT2D eigenvalue weighted by atomic mass is 79.9. The van der Waals surface area contributed by atoms with Crippen molar-refractivity contribution in [1.29, 1.82) is 0 Å². The van der Waals surface area contributed by atoms with E-state index in [2.05, 4.69) is 26.6 Å². The van der Waals surface area contributed by atoms with Crippen LogP contribution < -0.4 is 20.1 Å². The Labute approximate surface area is 142 Å². The Hall–Kier alpha value is -2.22. The lowest BCUT2D eigenvalue weighted by molar-refractivity contribution is -0.136. The lowest BCUT2D eigenvalue weighted by atomic mass is 9.95. The topological polar surface area (TPSA) is 85.9 Å². The average molecular weight is 385 g/mol. The van der Waals surface area contributed by atoms with E-state index in [4.69, 9.17) is 14.2 Å². The highest BCUT2D eigenvalue weighted by molar-refractivity contribution is 9.10. The Balaban J connectivity index is 2.61. The molecule has 1 aliphatic rings. The fourth-order valence-corrected chi connectivity index (χ4v) is 3.15. The average Bonchev–Trinajstić information content (AvgIpc) is 2.53. The maximum absolute atomic E-state index is 12.1. The summed E-state index contributed by atoms with van der Waals surface area (Å²) in [5.74, 6) is 0.477. The van der Waals surface area contributed by atoms with E-state index in [9.17, 15) is 9.59 Å². The summed E-state index contributed by atoms with van der Waals surface area (Å²) in [6, 6.07) is 2.38. The molecule has 2 amide bonds. The van der Waals surface area contributed by atoms with Crippen molar-refractivity contribution in [3.63, 3.8) is 0 Å². The summed E-state index contributed by atoms with van der Waals surface area (Å²) in [7, 11) is 4.33. The van der Waals surface area contributed by atoms with Crippen LogP contribution in [0.4, 0.5) is 4.79 Å². The summed E-state index contributed by atoms with van der Waals surface area (Å²) in [6.07, 6.45) is 0. The van der Waals surface area contributed by atoms with Crippen molar-refractivity contribution in [2.45, 2.75) is 13.0 Å². The molecule has 0 fully saturated rings. The SMILES string of the molecule is COC(=O)C1=C(C)NC(=O)NC1c1ccc(OC)c(OC)c1Br. The maximum Gasteiger partial charge on any atom is 0.337 e. The summed E-state index contributed by atoms with van der Waals surface area (Å²) in [5, 5.41) is 5.30. The molecule has 8 heteroatoms. The zero-order valence-corrected chi connectivity index (χ0v) is 14.7. The standard InChI is InChI=1S/C15H17BrN2O5/c1-7-10(14(19)23-4)12(18-15(20)17-7)8-5-6-9(21-2)13(22-3)11(8)16/h5-6,12H,1-4H3,(H2,17,18,20). The van der Waals surface area contributed by atoms with Crippen LogP contribution in [0.25, 0.3) is 0 Å². The number of allylic oxidation sites excluding steroid dienone is 1. The van der Waals surface area contributed by atoms with E-state index in [0.29, 0.717) is 32.8 Å². The lowest BCUT2D eigenvalue weighted by Gasteiger charge is -2.29. The molecule has 7 nitrogen and oxygen atoms in total. The number of nitrogens with one attached hydrogen (secondary N) is 2. The van der Waals surface area contributed by atoms with E-state index >= 15 is 0 Å². The second-order valence-electron chi connectivity index (χ2n) is 4.77. The number of esters is 1. The first kappa shape index (κ1) is 17.1. The van der Waals surface area contributed by atoms with Crippen LogP contribution in [0.1, 0.15) is 18.5 Å². The van der Waals surface area contributed by atoms with Crippen molar-refractivity contribution in [3.05, 3.63) is 33.4 Å². The molecule has 1 aromatic carbocycles. The maximum atomic E-state index is 12.1. The van der Waals surface area contributed by atoms with Gasteiger partial charge in [0.05, 0.1) is 37.4 Å². The molecular weight excluding hydrogens is 368 g/mol. The molecule has 0 aliphatic carbocycles. The predicted molar refractivity (Wildman–Crippen MR) is 86.4 cm³/mol. The van der Waals surface area contributed by atoms with Gasteiger partial charge in [0.15, 0.2) is 11.5 Å². The summed E-state index contributed by atoms with van der Waals surface area (Å²) in [4.78, 5) is 23.9. The van der Waals surface area contributed by atoms with Crippen molar-refractivity contribution < 1.29 is 23.8 Å². The van der Waals surface area contributed by atoms with E-state index in [0.717, 1.165) is 0 Å². The fraction of sp³-hybridized carbons (Fsp3) is 0.333. The summed E-state index contributed by atoms with van der Waals surface area (Å²) in [6.45, 7) is 1.65. The molecule has 1 aliphatic heterocycles. The van der Waals surface area contributed by atoms with Gasteiger partial charge < -0.3 is 24.8 Å². The molecule has 0 bridgehead atoms. The Morgan fingerprint density at radius 3 is 2.48 bits per heavy atom. The van der Waals surface area contributed by atoms with Crippen LogP contribution in [0.15, 0.2) is 27.9 Å². The van der Waals surface area contributed by atoms with E-state index in [1.165, 1.54) is 21.3 Å². The van der Waals surface area contributed by atoms with Crippen LogP contribution in [0.3, 0.4) is 0 Å². The molecule has 1 unspecified atom stereocenters. The number of urea groups is 1. The highest BCUT2D eigenvalue weighted by Gasteiger charge is 2.34. The molecule has 0 radical (unpaired) electrons. The van der Waals surface area contributed by atoms with E-state index < -0.39 is 18.0 Å². The molecule has 0 saturated heterocycles. The van der Waals surface area contributed by atoms with Gasteiger partial charge in [-0.2, -0.15) is 0 Å². The van der Waals surface area contributed by atoms with Crippen LogP contribution in [0.2, 0.25) is 0 Å². The fourth-order valence-electron chi connectivity index (χ4n) is 2.44. The molecule has 1 atom stereocenters. The Bertz CT molecular complexity index is 687. The number of hydrogen-bond acceptors (Lipinski definition) is 5. The van der Waals surface area contributed by atoms with Gasteiger partial charge >= 0.3 is 12.0 Å². The van der Waals surface area contributed by atoms with E-state index in [1.807, 2.05) is 0 Å². The number of amides is 2. The van der Waals surface area contributed by atoms with Gasteiger partial charge in [-0.3, -0.25) is 0 Å². The smallest absolute Gasteiger partial charge is 0.337 e. The van der Waals surface area contributed by atoms with Crippen molar-refractivity contribution >= 4 is 27.9 Å². The number of halogens is 1. The van der Waals surface area contributed by atoms with Crippen LogP contribution in [-0.4, -0.2) is 33.3 Å². The highest BCUT2D eigenvalue weighted by Crippen LogP contribution is 2.42. The first-order valence-corrected chi connectivity index (χ1v) is 7.50. The molecule has 2 rings (SSSR count).